The summed E-state index contributed by atoms with van der Waals surface area (Å²) in [6.07, 6.45) is 5.67. The van der Waals surface area contributed by atoms with E-state index in [0.29, 0.717) is 5.92 Å². The molecule has 2 nitrogen and oxygen atoms in total. The lowest BCUT2D eigenvalue weighted by atomic mass is 9.84. The van der Waals surface area contributed by atoms with E-state index in [-0.39, 0.29) is 0 Å². The van der Waals surface area contributed by atoms with Crippen molar-refractivity contribution in [2.75, 3.05) is 4.90 Å². The Bertz CT molecular complexity index is 3130. The lowest BCUT2D eigenvalue weighted by molar-refractivity contribution is 0.669. The Morgan fingerprint density at radius 3 is 1.75 bits per heavy atom. The van der Waals surface area contributed by atoms with Gasteiger partial charge >= 0.3 is 0 Å². The fourth-order valence-corrected chi connectivity index (χ4v) is 9.13. The van der Waals surface area contributed by atoms with Gasteiger partial charge in [-0.1, -0.05) is 165 Å². The van der Waals surface area contributed by atoms with Crippen LogP contribution in [0.15, 0.2) is 186 Å². The van der Waals surface area contributed by atoms with E-state index in [9.17, 15) is 0 Å². The summed E-state index contributed by atoms with van der Waals surface area (Å²) in [7, 11) is 0. The second kappa shape index (κ2) is 12.6. The summed E-state index contributed by atoms with van der Waals surface area (Å²) in [6, 6.07) is 64.0. The molecular weight excluding hydrogens is 667 g/mol. The summed E-state index contributed by atoms with van der Waals surface area (Å²) < 4.78 is 6.75. The number of fused-ring (bicyclic) bond motifs is 9. The quantitative estimate of drug-likeness (QED) is 0.166. The standard InChI is InChI=1S/C53H37NO/c1-34-15-13-25-41-38-18-5-8-21-42(38)49(33-47(34)41)54(48-27-14-26-46-43-22-11-12-28-50(43)55-53(46)48)37-31-29-36(30-32-37)52-45-24-10-7-20-40(45)39-19-6-9-23-44(39)51(52)35-16-3-2-4-17-35/h2-14,16-34H,15H2,1H3. The van der Waals surface area contributed by atoms with E-state index in [0.717, 1.165) is 45.4 Å². The molecule has 1 aliphatic rings. The molecule has 10 aromatic rings. The van der Waals surface area contributed by atoms with E-state index in [1.165, 1.54) is 65.7 Å². The number of anilines is 3. The van der Waals surface area contributed by atoms with E-state index in [1.54, 1.807) is 0 Å². The number of hydrogen-bond acceptors (Lipinski definition) is 2. The van der Waals surface area contributed by atoms with E-state index in [2.05, 4.69) is 194 Å². The zero-order valence-corrected chi connectivity index (χ0v) is 30.5. The van der Waals surface area contributed by atoms with Crippen molar-refractivity contribution in [2.24, 2.45) is 0 Å². The highest BCUT2D eigenvalue weighted by molar-refractivity contribution is 6.21. The van der Waals surface area contributed by atoms with Crippen LogP contribution >= 0.6 is 0 Å². The first-order valence-corrected chi connectivity index (χ1v) is 19.2. The summed E-state index contributed by atoms with van der Waals surface area (Å²) >= 11 is 0. The molecule has 11 rings (SSSR count). The second-order valence-electron chi connectivity index (χ2n) is 14.8. The molecule has 9 aromatic carbocycles. The molecule has 1 heterocycles. The number of allylic oxidation sites excluding steroid dienone is 1. The van der Waals surface area contributed by atoms with Crippen molar-refractivity contribution in [3.05, 3.63) is 193 Å². The second-order valence-corrected chi connectivity index (χ2v) is 14.8. The molecule has 0 aliphatic heterocycles. The van der Waals surface area contributed by atoms with Crippen molar-refractivity contribution in [2.45, 2.75) is 19.3 Å². The molecule has 55 heavy (non-hydrogen) atoms. The predicted octanol–water partition coefficient (Wildman–Crippen LogP) is 15.4. The van der Waals surface area contributed by atoms with Crippen LogP contribution in [0.2, 0.25) is 0 Å². The highest BCUT2D eigenvalue weighted by atomic mass is 16.3. The summed E-state index contributed by atoms with van der Waals surface area (Å²) in [5, 5.41) is 9.76. The molecule has 0 amide bonds. The van der Waals surface area contributed by atoms with Crippen LogP contribution in [0.25, 0.3) is 82.6 Å². The average molecular weight is 704 g/mol. The smallest absolute Gasteiger partial charge is 0.159 e. The fraction of sp³-hybridized carbons (Fsp3) is 0.0566. The lowest BCUT2D eigenvalue weighted by Crippen LogP contribution is -2.13. The minimum atomic E-state index is 0.409. The van der Waals surface area contributed by atoms with Crippen LogP contribution in [-0.4, -0.2) is 0 Å². The third-order valence-corrected chi connectivity index (χ3v) is 11.7. The average Bonchev–Trinajstić information content (AvgIpc) is 3.64. The monoisotopic (exact) mass is 703 g/mol. The van der Waals surface area contributed by atoms with Crippen molar-refractivity contribution >= 4 is 77.4 Å². The van der Waals surface area contributed by atoms with Crippen LogP contribution in [0.4, 0.5) is 17.1 Å². The highest BCUT2D eigenvalue weighted by Gasteiger charge is 2.25. The maximum Gasteiger partial charge on any atom is 0.159 e. The van der Waals surface area contributed by atoms with E-state index in [4.69, 9.17) is 4.42 Å². The van der Waals surface area contributed by atoms with E-state index >= 15 is 0 Å². The molecule has 0 spiro atoms. The Kier molecular flexibility index (Phi) is 7.25. The minimum Gasteiger partial charge on any atom is -0.454 e. The molecule has 0 bridgehead atoms. The predicted molar refractivity (Wildman–Crippen MR) is 234 cm³/mol. The topological polar surface area (TPSA) is 16.4 Å². The molecule has 0 N–H and O–H groups in total. The van der Waals surface area contributed by atoms with Crippen LogP contribution in [0, 0.1) is 0 Å². The zero-order valence-electron chi connectivity index (χ0n) is 30.5. The first-order chi connectivity index (χ1) is 27.2. The van der Waals surface area contributed by atoms with Crippen molar-refractivity contribution in [3.63, 3.8) is 0 Å². The van der Waals surface area contributed by atoms with Gasteiger partial charge in [-0.3, -0.25) is 0 Å². The number of nitrogens with zero attached hydrogens (tertiary/aromatic N) is 1. The summed E-state index contributed by atoms with van der Waals surface area (Å²) in [5.74, 6) is 0.409. The Morgan fingerprint density at radius 1 is 0.473 bits per heavy atom. The van der Waals surface area contributed by atoms with Gasteiger partial charge < -0.3 is 9.32 Å². The first kappa shape index (κ1) is 31.6. The van der Waals surface area contributed by atoms with Gasteiger partial charge in [-0.15, -0.1) is 0 Å². The third-order valence-electron chi connectivity index (χ3n) is 11.7. The van der Waals surface area contributed by atoms with Gasteiger partial charge in [-0.25, -0.2) is 0 Å². The molecule has 1 unspecified atom stereocenters. The lowest BCUT2D eigenvalue weighted by Gasteiger charge is -2.30. The number of benzene rings is 9. The number of hydrogen-bond donors (Lipinski definition) is 0. The summed E-state index contributed by atoms with van der Waals surface area (Å²) in [5.41, 5.74) is 12.6. The molecular formula is C53H37NO. The molecule has 260 valence electrons. The third kappa shape index (κ3) is 4.95. The fourth-order valence-electron chi connectivity index (χ4n) is 9.13. The molecule has 0 saturated carbocycles. The zero-order chi connectivity index (χ0) is 36.5. The van der Waals surface area contributed by atoms with Gasteiger partial charge in [0.25, 0.3) is 0 Å². The van der Waals surface area contributed by atoms with E-state index < -0.39 is 0 Å². The normalized spacial score (nSPS) is 13.9. The van der Waals surface area contributed by atoms with Crippen molar-refractivity contribution < 1.29 is 4.42 Å². The van der Waals surface area contributed by atoms with Gasteiger partial charge in [0.1, 0.15) is 5.58 Å². The molecule has 1 aliphatic carbocycles. The Balaban J connectivity index is 1.19. The Morgan fingerprint density at radius 2 is 1.04 bits per heavy atom. The van der Waals surface area contributed by atoms with Gasteiger partial charge in [0.05, 0.1) is 11.4 Å². The molecule has 0 saturated heterocycles. The van der Waals surface area contributed by atoms with Gasteiger partial charge in [0.15, 0.2) is 5.58 Å². The van der Waals surface area contributed by atoms with Gasteiger partial charge in [-0.05, 0) is 103 Å². The number of para-hydroxylation sites is 2. The van der Waals surface area contributed by atoms with Crippen LogP contribution in [0.1, 0.15) is 30.4 Å². The van der Waals surface area contributed by atoms with Crippen LogP contribution in [0.3, 0.4) is 0 Å². The maximum atomic E-state index is 6.75. The minimum absolute atomic E-state index is 0.409. The Labute approximate surface area is 320 Å². The molecule has 1 aromatic heterocycles. The maximum absolute atomic E-state index is 6.75. The van der Waals surface area contributed by atoms with Crippen molar-refractivity contribution in [1.29, 1.82) is 0 Å². The van der Waals surface area contributed by atoms with Crippen LogP contribution in [0.5, 0.6) is 0 Å². The van der Waals surface area contributed by atoms with Gasteiger partial charge in [0.2, 0.25) is 0 Å². The van der Waals surface area contributed by atoms with Gasteiger partial charge in [-0.2, -0.15) is 0 Å². The number of rotatable bonds is 5. The Hall–Kier alpha value is -6.90. The molecule has 0 fully saturated rings. The summed E-state index contributed by atoms with van der Waals surface area (Å²) in [4.78, 5) is 2.43. The van der Waals surface area contributed by atoms with Crippen molar-refractivity contribution in [1.82, 2.24) is 0 Å². The van der Waals surface area contributed by atoms with Gasteiger partial charge in [0, 0.05) is 21.8 Å². The first-order valence-electron chi connectivity index (χ1n) is 19.2. The molecule has 0 radical (unpaired) electrons. The van der Waals surface area contributed by atoms with Crippen LogP contribution in [-0.2, 0) is 0 Å². The summed E-state index contributed by atoms with van der Waals surface area (Å²) in [6.45, 7) is 2.35. The highest BCUT2D eigenvalue weighted by Crippen LogP contribution is 2.49. The van der Waals surface area contributed by atoms with E-state index in [1.807, 2.05) is 6.07 Å². The van der Waals surface area contributed by atoms with Crippen LogP contribution < -0.4 is 4.90 Å². The van der Waals surface area contributed by atoms with Crippen molar-refractivity contribution in [3.8, 4) is 22.3 Å². The largest absolute Gasteiger partial charge is 0.454 e. The molecule has 2 heteroatoms. The molecule has 1 atom stereocenters. The SMILES string of the molecule is CC1CC=Cc2c1cc(N(c1ccc(-c3c(-c4ccccc4)c4ccccc4c4ccccc34)cc1)c1cccc3c1oc1ccccc13)c1ccccc21. The number of furan rings is 1.